The number of aromatic nitrogens is 1. The number of pyridine rings is 1. The van der Waals surface area contributed by atoms with Gasteiger partial charge in [-0.3, -0.25) is 19.2 Å². The van der Waals surface area contributed by atoms with Crippen molar-refractivity contribution in [3.05, 3.63) is 93.4 Å². The number of H-pyrrole nitrogens is 1. The van der Waals surface area contributed by atoms with Crippen molar-refractivity contribution in [3.63, 3.8) is 0 Å². The third-order valence-electron chi connectivity index (χ3n) is 7.47. The van der Waals surface area contributed by atoms with E-state index in [0.717, 1.165) is 5.56 Å². The van der Waals surface area contributed by atoms with Gasteiger partial charge in [0.25, 0.3) is 11.5 Å². The van der Waals surface area contributed by atoms with Crippen molar-refractivity contribution in [2.75, 3.05) is 7.11 Å². The fourth-order valence-electron chi connectivity index (χ4n) is 5.20. The molecular formula is C31H29N4NaO8S. The fraction of sp³-hybridized carbons (Fsp3) is 0.258. The molecule has 228 valence electrons. The summed E-state index contributed by atoms with van der Waals surface area (Å²) in [4.78, 5) is 68.1. The van der Waals surface area contributed by atoms with E-state index in [4.69, 9.17) is 4.74 Å². The van der Waals surface area contributed by atoms with E-state index in [1.807, 2.05) is 12.1 Å². The number of ether oxygens (including phenoxy) is 1. The SMILES string of the molecule is COc1ccc(/C=C/c2ccc(C(=O)N[C@H](C(=O)N[C@@H]3C(=O)N4[C@@H]3SC(C)(C)[C@@H]4C(=O)[O-])c3ccc(O)cc3)c(=O)[nH]2)cc1.[Na+]. The number of phenolic OH excluding ortho intramolecular Hbond substituents is 1. The summed E-state index contributed by atoms with van der Waals surface area (Å²) in [5.74, 6) is -2.94. The van der Waals surface area contributed by atoms with Gasteiger partial charge in [0.05, 0.1) is 19.1 Å². The van der Waals surface area contributed by atoms with Crippen molar-refractivity contribution in [2.24, 2.45) is 0 Å². The van der Waals surface area contributed by atoms with Gasteiger partial charge in [0.15, 0.2) is 0 Å². The Morgan fingerprint density at radius 2 is 1.71 bits per heavy atom. The molecule has 0 bridgehead atoms. The van der Waals surface area contributed by atoms with Crippen LogP contribution in [0.15, 0.2) is 65.5 Å². The van der Waals surface area contributed by atoms with Gasteiger partial charge >= 0.3 is 29.6 Å². The van der Waals surface area contributed by atoms with Gasteiger partial charge in [-0.15, -0.1) is 11.8 Å². The van der Waals surface area contributed by atoms with Crippen LogP contribution in [0.5, 0.6) is 11.5 Å². The molecular weight excluding hydrogens is 611 g/mol. The van der Waals surface area contributed by atoms with Gasteiger partial charge in [-0.1, -0.05) is 30.3 Å². The number of nitrogens with zero attached hydrogens (tertiary/aromatic N) is 1. The van der Waals surface area contributed by atoms with Crippen LogP contribution in [-0.2, 0) is 14.4 Å². The number of methoxy groups -OCH3 is 1. The standard InChI is InChI=1S/C31H30N4O8S.Na/c1-31(2)24(30(41)42)35-28(40)23(29(35)44-31)34-27(39)22(17-7-11-19(36)12-8-17)33-26(38)21-15-10-18(32-25(21)37)9-4-16-5-13-20(43-3)14-6-16;/h4-15,22-24,29,36H,1-3H3,(H,32,37)(H,33,38)(H,34,39)(H,41,42);/q;+1/p-1/b9-4+;/t22-,23+,24-,29+;/m0./s1. The molecule has 0 saturated carbocycles. The second-order valence-electron chi connectivity index (χ2n) is 10.8. The van der Waals surface area contributed by atoms with Crippen molar-refractivity contribution in [1.29, 1.82) is 0 Å². The molecule has 3 amide bonds. The molecule has 3 aromatic rings. The predicted octanol–water partition coefficient (Wildman–Crippen LogP) is -1.97. The quantitative estimate of drug-likeness (QED) is 0.152. The average molecular weight is 641 g/mol. The van der Waals surface area contributed by atoms with Gasteiger partial charge in [-0.25, -0.2) is 0 Å². The van der Waals surface area contributed by atoms with Crippen LogP contribution in [0.3, 0.4) is 0 Å². The number of phenols is 1. The number of carbonyl (C=O) groups excluding carboxylic acids is 4. The molecule has 0 unspecified atom stereocenters. The molecule has 2 fully saturated rings. The number of hydrogen-bond acceptors (Lipinski definition) is 9. The maximum absolute atomic E-state index is 13.5. The minimum Gasteiger partial charge on any atom is -0.548 e. The molecule has 0 spiro atoms. The number of fused-ring (bicyclic) bond motifs is 1. The fourth-order valence-corrected chi connectivity index (χ4v) is 6.83. The molecule has 3 heterocycles. The molecule has 4 N–H and O–H groups in total. The van der Waals surface area contributed by atoms with E-state index < -0.39 is 57.5 Å². The van der Waals surface area contributed by atoms with Crippen molar-refractivity contribution in [3.8, 4) is 11.5 Å². The number of benzene rings is 2. The molecule has 0 aliphatic carbocycles. The Kier molecular flexibility index (Phi) is 10.2. The maximum atomic E-state index is 13.5. The Morgan fingerprint density at radius 3 is 2.31 bits per heavy atom. The number of aromatic hydroxyl groups is 1. The first kappa shape index (κ1) is 33.8. The molecule has 2 aliphatic heterocycles. The number of carboxylic acid groups (broad SMARTS) is 1. The zero-order valence-corrected chi connectivity index (χ0v) is 27.7. The summed E-state index contributed by atoms with van der Waals surface area (Å²) in [7, 11) is 1.57. The van der Waals surface area contributed by atoms with E-state index in [2.05, 4.69) is 15.6 Å². The summed E-state index contributed by atoms with van der Waals surface area (Å²) < 4.78 is 4.29. The van der Waals surface area contributed by atoms with Crippen LogP contribution < -0.4 is 55.6 Å². The number of aliphatic carboxylic acids is 1. The molecule has 4 atom stereocenters. The van der Waals surface area contributed by atoms with E-state index in [1.165, 1.54) is 47.0 Å². The van der Waals surface area contributed by atoms with Crippen molar-refractivity contribution in [2.45, 2.75) is 42.1 Å². The van der Waals surface area contributed by atoms with E-state index in [-0.39, 0.29) is 46.4 Å². The van der Waals surface area contributed by atoms with E-state index in [0.29, 0.717) is 11.4 Å². The Hall–Kier alpha value is -4.04. The molecule has 2 aromatic carbocycles. The number of carbonyl (C=O) groups is 4. The first-order valence-corrected chi connectivity index (χ1v) is 14.4. The molecule has 12 nitrogen and oxygen atoms in total. The normalized spacial score (nSPS) is 20.4. The van der Waals surface area contributed by atoms with Crippen LogP contribution in [0.2, 0.25) is 0 Å². The number of aromatic amines is 1. The van der Waals surface area contributed by atoms with Crippen molar-refractivity contribution >= 4 is 47.6 Å². The van der Waals surface area contributed by atoms with Gasteiger partial charge in [-0.05, 0) is 67.4 Å². The van der Waals surface area contributed by atoms with Gasteiger partial charge in [0.2, 0.25) is 11.8 Å². The summed E-state index contributed by atoms with van der Waals surface area (Å²) >= 11 is 1.23. The summed E-state index contributed by atoms with van der Waals surface area (Å²) in [5, 5.41) is 26.0. The summed E-state index contributed by atoms with van der Waals surface area (Å²) in [6.45, 7) is 3.36. The van der Waals surface area contributed by atoms with E-state index in [9.17, 15) is 34.2 Å². The number of hydrogen-bond donors (Lipinski definition) is 4. The first-order valence-electron chi connectivity index (χ1n) is 13.6. The summed E-state index contributed by atoms with van der Waals surface area (Å²) in [5.41, 5.74) is 0.639. The van der Waals surface area contributed by atoms with Gasteiger partial charge in [0, 0.05) is 10.4 Å². The summed E-state index contributed by atoms with van der Waals surface area (Å²) in [6, 6.07) is 12.1. The van der Waals surface area contributed by atoms with Crippen LogP contribution in [0.1, 0.15) is 47.1 Å². The number of amides is 3. The second kappa shape index (κ2) is 13.5. The topological polar surface area (TPSA) is 181 Å². The summed E-state index contributed by atoms with van der Waals surface area (Å²) in [6.07, 6.45) is 3.45. The monoisotopic (exact) mass is 640 g/mol. The van der Waals surface area contributed by atoms with Crippen LogP contribution in [0.4, 0.5) is 0 Å². The van der Waals surface area contributed by atoms with Crippen LogP contribution >= 0.6 is 11.8 Å². The number of nitrogens with one attached hydrogen (secondary N) is 3. The molecule has 45 heavy (non-hydrogen) atoms. The number of carboxylic acids is 1. The maximum Gasteiger partial charge on any atom is 1.00 e. The third kappa shape index (κ3) is 6.96. The molecule has 2 aliphatic rings. The molecule has 5 rings (SSSR count). The second-order valence-corrected chi connectivity index (χ2v) is 12.6. The third-order valence-corrected chi connectivity index (χ3v) is 9.05. The van der Waals surface area contributed by atoms with Crippen LogP contribution in [0, 0.1) is 0 Å². The van der Waals surface area contributed by atoms with Gasteiger partial charge in [0.1, 0.15) is 34.5 Å². The van der Waals surface area contributed by atoms with E-state index >= 15 is 0 Å². The Labute approximate surface area is 284 Å². The molecule has 14 heteroatoms. The number of thioether (sulfide) groups is 1. The van der Waals surface area contributed by atoms with Crippen LogP contribution in [0.25, 0.3) is 12.2 Å². The Morgan fingerprint density at radius 1 is 1.04 bits per heavy atom. The van der Waals surface area contributed by atoms with Crippen LogP contribution in [-0.4, -0.2) is 68.0 Å². The van der Waals surface area contributed by atoms with Crippen molar-refractivity contribution in [1.82, 2.24) is 20.5 Å². The molecule has 2 saturated heterocycles. The molecule has 1 aromatic heterocycles. The first-order chi connectivity index (χ1) is 20.9. The minimum absolute atomic E-state index is 0. The predicted molar refractivity (Wildman–Crippen MR) is 160 cm³/mol. The number of β-lactam (4-membered cyclic amide) rings is 1. The largest absolute Gasteiger partial charge is 1.00 e. The smallest absolute Gasteiger partial charge is 0.548 e. The van der Waals surface area contributed by atoms with Gasteiger partial charge < -0.3 is 40.3 Å². The number of rotatable bonds is 9. The minimum atomic E-state index is -1.38. The Balaban J connectivity index is 0.00000461. The average Bonchev–Trinajstić information content (AvgIpc) is 3.25. The van der Waals surface area contributed by atoms with Gasteiger partial charge in [-0.2, -0.15) is 0 Å². The zero-order valence-electron chi connectivity index (χ0n) is 24.9. The molecule has 0 radical (unpaired) electrons. The van der Waals surface area contributed by atoms with E-state index in [1.54, 1.807) is 51.3 Å². The zero-order chi connectivity index (χ0) is 31.8. The Bertz CT molecular complexity index is 1710. The van der Waals surface area contributed by atoms with Crippen molar-refractivity contribution < 1.29 is 63.7 Å².